The molecule has 0 aliphatic heterocycles. The van der Waals surface area contributed by atoms with Crippen molar-refractivity contribution in [1.82, 2.24) is 0 Å². The summed E-state index contributed by atoms with van der Waals surface area (Å²) >= 11 is 7.96. The fraction of sp³-hybridized carbons (Fsp3) is 0.133. The van der Waals surface area contributed by atoms with Gasteiger partial charge in [0.2, 0.25) is 0 Å². The molecule has 0 aromatic heterocycles. The van der Waals surface area contributed by atoms with Crippen molar-refractivity contribution in [2.75, 3.05) is 0 Å². The third kappa shape index (κ3) is 3.94. The summed E-state index contributed by atoms with van der Waals surface area (Å²) in [5, 5.41) is 0.712. The maximum absolute atomic E-state index is 11.3. The maximum atomic E-state index is 11.3. The molecule has 2 nitrogen and oxygen atoms in total. The third-order valence-electron chi connectivity index (χ3n) is 2.64. The fourth-order valence-corrected chi connectivity index (χ4v) is 2.61. The van der Waals surface area contributed by atoms with Crippen molar-refractivity contribution in [3.63, 3.8) is 0 Å². The highest BCUT2D eigenvalue weighted by atomic mass is 127. The Kier molecular flexibility index (Phi) is 4.82. The van der Waals surface area contributed by atoms with Gasteiger partial charge in [-0.2, -0.15) is 0 Å². The summed E-state index contributed by atoms with van der Waals surface area (Å²) in [7, 11) is 0. The van der Waals surface area contributed by atoms with E-state index in [2.05, 4.69) is 22.6 Å². The number of hydrogen-bond acceptors (Lipinski definition) is 2. The van der Waals surface area contributed by atoms with Crippen molar-refractivity contribution >= 4 is 40.0 Å². The van der Waals surface area contributed by atoms with Crippen LogP contribution in [0.4, 0.5) is 0 Å². The zero-order valence-electron chi connectivity index (χ0n) is 10.3. The van der Waals surface area contributed by atoms with Gasteiger partial charge in [-0.15, -0.1) is 0 Å². The van der Waals surface area contributed by atoms with Gasteiger partial charge in [-0.1, -0.05) is 23.7 Å². The van der Waals surface area contributed by atoms with Gasteiger partial charge in [0.15, 0.2) is 5.78 Å². The lowest BCUT2D eigenvalue weighted by atomic mass is 10.1. The molecule has 0 aliphatic rings. The summed E-state index contributed by atoms with van der Waals surface area (Å²) in [6.07, 6.45) is 0. The predicted octanol–water partition coefficient (Wildman–Crippen LogP) is 4.73. The van der Waals surface area contributed by atoms with E-state index in [1.54, 1.807) is 13.0 Å². The van der Waals surface area contributed by atoms with E-state index >= 15 is 0 Å². The molecular weight excluding hydrogens is 375 g/mol. The maximum Gasteiger partial charge on any atom is 0.160 e. The Morgan fingerprint density at radius 3 is 2.47 bits per heavy atom. The van der Waals surface area contributed by atoms with Crippen LogP contribution in [0, 0.1) is 3.57 Å². The monoisotopic (exact) mass is 386 g/mol. The molecule has 0 spiro atoms. The first kappa shape index (κ1) is 14.3. The number of carbonyl (C=O) groups excluding carboxylic acids is 1. The summed E-state index contributed by atoms with van der Waals surface area (Å²) in [5.41, 5.74) is 1.77. The van der Waals surface area contributed by atoms with Crippen LogP contribution in [-0.2, 0) is 6.61 Å². The molecule has 0 radical (unpaired) electrons. The van der Waals surface area contributed by atoms with E-state index in [0.717, 1.165) is 20.4 Å². The van der Waals surface area contributed by atoms with Crippen molar-refractivity contribution in [3.05, 3.63) is 62.2 Å². The van der Waals surface area contributed by atoms with Gasteiger partial charge in [-0.3, -0.25) is 4.79 Å². The normalized spacial score (nSPS) is 10.3. The number of ketones is 1. The van der Waals surface area contributed by atoms with Gasteiger partial charge < -0.3 is 4.74 Å². The van der Waals surface area contributed by atoms with E-state index in [4.69, 9.17) is 16.3 Å². The minimum Gasteiger partial charge on any atom is -0.489 e. The van der Waals surface area contributed by atoms with E-state index in [-0.39, 0.29) is 5.78 Å². The Morgan fingerprint density at radius 1 is 1.21 bits per heavy atom. The van der Waals surface area contributed by atoms with Crippen LogP contribution >= 0.6 is 34.2 Å². The molecule has 0 saturated heterocycles. The molecule has 0 fully saturated rings. The molecule has 0 saturated carbocycles. The van der Waals surface area contributed by atoms with Gasteiger partial charge in [0.25, 0.3) is 0 Å². The molecular formula is C15H12ClIO2. The first-order valence-corrected chi connectivity index (χ1v) is 7.19. The number of Topliss-reactive ketones (excluding diaryl/α,β-unsaturated/α-hetero) is 1. The molecule has 0 heterocycles. The lowest BCUT2D eigenvalue weighted by molar-refractivity contribution is 0.101. The number of ether oxygens (including phenoxy) is 1. The van der Waals surface area contributed by atoms with E-state index in [1.807, 2.05) is 36.4 Å². The molecule has 2 aromatic rings. The molecule has 2 rings (SSSR count). The molecule has 0 amide bonds. The molecule has 2 aromatic carbocycles. The summed E-state index contributed by atoms with van der Waals surface area (Å²) < 4.78 is 6.59. The standard InChI is InChI=1S/C15H12ClIO2/c1-10(18)14-7-6-13(8-15(14)17)19-9-11-2-4-12(16)5-3-11/h2-8H,9H2,1H3. The zero-order valence-corrected chi connectivity index (χ0v) is 13.2. The van der Waals surface area contributed by atoms with Crippen LogP contribution in [0.5, 0.6) is 5.75 Å². The third-order valence-corrected chi connectivity index (χ3v) is 3.78. The van der Waals surface area contributed by atoms with Crippen LogP contribution in [-0.4, -0.2) is 5.78 Å². The Balaban J connectivity index is 2.06. The van der Waals surface area contributed by atoms with Gasteiger partial charge in [0, 0.05) is 14.2 Å². The zero-order chi connectivity index (χ0) is 13.8. The van der Waals surface area contributed by atoms with Gasteiger partial charge in [-0.25, -0.2) is 0 Å². The lowest BCUT2D eigenvalue weighted by Gasteiger charge is -2.08. The van der Waals surface area contributed by atoms with E-state index < -0.39 is 0 Å². The van der Waals surface area contributed by atoms with Crippen molar-refractivity contribution in [2.45, 2.75) is 13.5 Å². The van der Waals surface area contributed by atoms with Gasteiger partial charge >= 0.3 is 0 Å². The quantitative estimate of drug-likeness (QED) is 0.561. The second-order valence-electron chi connectivity index (χ2n) is 4.11. The molecule has 0 unspecified atom stereocenters. The molecule has 19 heavy (non-hydrogen) atoms. The second-order valence-corrected chi connectivity index (χ2v) is 5.71. The lowest BCUT2D eigenvalue weighted by Crippen LogP contribution is -1.99. The minimum atomic E-state index is 0.0636. The van der Waals surface area contributed by atoms with Gasteiger partial charge in [0.1, 0.15) is 12.4 Å². The Morgan fingerprint density at radius 2 is 1.89 bits per heavy atom. The summed E-state index contributed by atoms with van der Waals surface area (Å²) in [6.45, 7) is 2.04. The van der Waals surface area contributed by atoms with E-state index in [0.29, 0.717) is 11.6 Å². The number of carbonyl (C=O) groups is 1. The Labute approximate surface area is 130 Å². The van der Waals surface area contributed by atoms with Crippen LogP contribution in [0.2, 0.25) is 5.02 Å². The smallest absolute Gasteiger partial charge is 0.160 e. The topological polar surface area (TPSA) is 26.3 Å². The van der Waals surface area contributed by atoms with Crippen LogP contribution in [0.3, 0.4) is 0 Å². The number of hydrogen-bond donors (Lipinski definition) is 0. The number of benzene rings is 2. The Hall–Kier alpha value is -1.07. The molecule has 0 N–H and O–H groups in total. The van der Waals surface area contributed by atoms with Gasteiger partial charge in [-0.05, 0) is 65.4 Å². The highest BCUT2D eigenvalue weighted by Gasteiger charge is 2.06. The van der Waals surface area contributed by atoms with Crippen LogP contribution in [0.1, 0.15) is 22.8 Å². The largest absolute Gasteiger partial charge is 0.489 e. The molecule has 0 atom stereocenters. The van der Waals surface area contributed by atoms with Crippen molar-refractivity contribution in [3.8, 4) is 5.75 Å². The van der Waals surface area contributed by atoms with Crippen molar-refractivity contribution in [2.24, 2.45) is 0 Å². The van der Waals surface area contributed by atoms with E-state index in [1.165, 1.54) is 0 Å². The highest BCUT2D eigenvalue weighted by molar-refractivity contribution is 14.1. The summed E-state index contributed by atoms with van der Waals surface area (Å²) in [6, 6.07) is 13.0. The fourth-order valence-electron chi connectivity index (χ4n) is 1.62. The highest BCUT2D eigenvalue weighted by Crippen LogP contribution is 2.21. The number of halogens is 2. The molecule has 0 aliphatic carbocycles. The predicted molar refractivity (Wildman–Crippen MR) is 84.9 cm³/mol. The van der Waals surface area contributed by atoms with Gasteiger partial charge in [0.05, 0.1) is 0 Å². The van der Waals surface area contributed by atoms with Crippen LogP contribution < -0.4 is 4.74 Å². The van der Waals surface area contributed by atoms with E-state index in [9.17, 15) is 4.79 Å². The van der Waals surface area contributed by atoms with Crippen LogP contribution in [0.25, 0.3) is 0 Å². The average Bonchev–Trinajstić information content (AvgIpc) is 2.37. The number of rotatable bonds is 4. The first-order valence-electron chi connectivity index (χ1n) is 5.74. The van der Waals surface area contributed by atoms with Crippen molar-refractivity contribution < 1.29 is 9.53 Å². The first-order chi connectivity index (χ1) is 9.06. The summed E-state index contributed by atoms with van der Waals surface area (Å²) in [4.78, 5) is 11.3. The second kappa shape index (κ2) is 6.39. The summed E-state index contributed by atoms with van der Waals surface area (Å²) in [5.74, 6) is 0.818. The minimum absolute atomic E-state index is 0.0636. The van der Waals surface area contributed by atoms with Crippen LogP contribution in [0.15, 0.2) is 42.5 Å². The molecule has 98 valence electrons. The van der Waals surface area contributed by atoms with Crippen molar-refractivity contribution in [1.29, 1.82) is 0 Å². The SMILES string of the molecule is CC(=O)c1ccc(OCc2ccc(Cl)cc2)cc1I. The molecule has 4 heteroatoms. The Bertz CT molecular complexity index is 594. The average molecular weight is 387 g/mol. The molecule has 0 bridgehead atoms.